The van der Waals surface area contributed by atoms with Crippen molar-refractivity contribution in [1.82, 2.24) is 4.90 Å². The van der Waals surface area contributed by atoms with Crippen molar-refractivity contribution in [3.8, 4) is 11.5 Å². The zero-order chi connectivity index (χ0) is 22.1. The Kier molecular flexibility index (Phi) is 5.79. The molecule has 2 N–H and O–H groups in total. The normalized spacial score (nSPS) is 22.9. The maximum atomic E-state index is 12.5. The van der Waals surface area contributed by atoms with Crippen LogP contribution in [0.4, 0.5) is 18.9 Å². The van der Waals surface area contributed by atoms with E-state index in [0.29, 0.717) is 31.0 Å². The number of carboxylic acid groups (broad SMARTS) is 2. The number of fused-ring (bicyclic) bond motifs is 1. The van der Waals surface area contributed by atoms with Gasteiger partial charge in [0.2, 0.25) is 12.7 Å². The minimum atomic E-state index is -5.08. The summed E-state index contributed by atoms with van der Waals surface area (Å²) >= 11 is 0. The first-order chi connectivity index (χ1) is 14.0. The van der Waals surface area contributed by atoms with E-state index >= 15 is 0 Å². The van der Waals surface area contributed by atoms with Crippen molar-refractivity contribution >= 4 is 23.5 Å². The SMILES string of the molecule is O=C(O)C(F)(F)F.O=C(O)CN1CCC2(CC(=O)N(c3ccc4c(c3)OCO4)C2)C1. The van der Waals surface area contributed by atoms with E-state index in [4.69, 9.17) is 24.5 Å². The highest BCUT2D eigenvalue weighted by Crippen LogP contribution is 2.43. The van der Waals surface area contributed by atoms with Gasteiger partial charge in [0.05, 0.1) is 6.54 Å². The molecule has 30 heavy (non-hydrogen) atoms. The molecule has 0 aromatic heterocycles. The van der Waals surface area contributed by atoms with E-state index in [-0.39, 0.29) is 24.7 Å². The Labute approximate surface area is 168 Å². The first kappa shape index (κ1) is 21.7. The molecular weight excluding hydrogens is 413 g/mol. The number of likely N-dealkylation sites (tertiary alicyclic amines) is 1. The van der Waals surface area contributed by atoms with Gasteiger partial charge in [-0.1, -0.05) is 0 Å². The number of ether oxygens (including phenoxy) is 2. The largest absolute Gasteiger partial charge is 0.490 e. The van der Waals surface area contributed by atoms with Gasteiger partial charge in [0.15, 0.2) is 11.5 Å². The van der Waals surface area contributed by atoms with Crippen LogP contribution < -0.4 is 14.4 Å². The molecule has 0 aliphatic carbocycles. The van der Waals surface area contributed by atoms with E-state index < -0.39 is 18.1 Å². The van der Waals surface area contributed by atoms with Crippen LogP contribution in [0.5, 0.6) is 11.5 Å². The summed E-state index contributed by atoms with van der Waals surface area (Å²) in [6.07, 6.45) is -3.76. The smallest absolute Gasteiger partial charge is 0.480 e. The van der Waals surface area contributed by atoms with Crippen molar-refractivity contribution in [3.05, 3.63) is 18.2 Å². The number of alkyl halides is 3. The van der Waals surface area contributed by atoms with E-state index in [1.54, 1.807) is 4.90 Å². The van der Waals surface area contributed by atoms with Gasteiger partial charge in [-0.05, 0) is 25.1 Å². The molecule has 164 valence electrons. The Hall–Kier alpha value is -3.02. The molecule has 2 fully saturated rings. The van der Waals surface area contributed by atoms with Crippen LogP contribution >= 0.6 is 0 Å². The minimum Gasteiger partial charge on any atom is -0.480 e. The van der Waals surface area contributed by atoms with E-state index in [9.17, 15) is 22.8 Å². The molecule has 1 aromatic carbocycles. The molecule has 3 heterocycles. The second-order valence-corrected chi connectivity index (χ2v) is 7.35. The second-order valence-electron chi connectivity index (χ2n) is 7.35. The number of carboxylic acids is 2. The Morgan fingerprint density at radius 2 is 1.80 bits per heavy atom. The van der Waals surface area contributed by atoms with Gasteiger partial charge in [-0.25, -0.2) is 4.79 Å². The van der Waals surface area contributed by atoms with E-state index in [2.05, 4.69) is 0 Å². The van der Waals surface area contributed by atoms with E-state index in [1.165, 1.54) is 0 Å². The quantitative estimate of drug-likeness (QED) is 0.739. The lowest BCUT2D eigenvalue weighted by Gasteiger charge is -2.24. The van der Waals surface area contributed by atoms with Gasteiger partial charge in [0, 0.05) is 36.7 Å². The maximum Gasteiger partial charge on any atom is 0.490 e. The number of hydrogen-bond donors (Lipinski definition) is 2. The number of carbonyl (C=O) groups excluding carboxylic acids is 1. The van der Waals surface area contributed by atoms with Gasteiger partial charge in [0.1, 0.15) is 0 Å². The number of aliphatic carboxylic acids is 2. The lowest BCUT2D eigenvalue weighted by atomic mass is 9.86. The summed E-state index contributed by atoms with van der Waals surface area (Å²) in [6.45, 7) is 2.27. The van der Waals surface area contributed by atoms with Crippen LogP contribution in [0.25, 0.3) is 0 Å². The Morgan fingerprint density at radius 1 is 1.13 bits per heavy atom. The molecule has 0 radical (unpaired) electrons. The number of amides is 1. The van der Waals surface area contributed by atoms with Crippen molar-refractivity contribution in [2.24, 2.45) is 5.41 Å². The molecule has 3 aliphatic heterocycles. The lowest BCUT2D eigenvalue weighted by Crippen LogP contribution is -2.33. The van der Waals surface area contributed by atoms with Crippen molar-refractivity contribution < 1.29 is 47.2 Å². The molecule has 2 saturated heterocycles. The molecular formula is C18H19F3N2O7. The molecule has 0 saturated carbocycles. The summed E-state index contributed by atoms with van der Waals surface area (Å²) in [5, 5.41) is 16.1. The highest BCUT2D eigenvalue weighted by atomic mass is 19.4. The van der Waals surface area contributed by atoms with Crippen molar-refractivity contribution in [2.45, 2.75) is 19.0 Å². The fourth-order valence-corrected chi connectivity index (χ4v) is 3.81. The third-order valence-electron chi connectivity index (χ3n) is 5.11. The zero-order valence-electron chi connectivity index (χ0n) is 15.6. The topological polar surface area (TPSA) is 117 Å². The molecule has 3 aliphatic rings. The van der Waals surface area contributed by atoms with Crippen LogP contribution in [0, 0.1) is 5.41 Å². The van der Waals surface area contributed by atoms with Crippen LogP contribution in [0.2, 0.25) is 0 Å². The molecule has 4 rings (SSSR count). The minimum absolute atomic E-state index is 0.0416. The standard InChI is InChI=1S/C16H18N2O5.C2HF3O2/c19-14-6-16(3-4-17(8-16)7-15(20)21)9-18(14)11-1-2-12-13(5-11)23-10-22-12;3-2(4,5)1(6)7/h1-2,5H,3-4,6-10H2,(H,20,21);(H,6,7). The molecule has 1 unspecified atom stereocenters. The van der Waals surface area contributed by atoms with Crippen LogP contribution in [0.3, 0.4) is 0 Å². The summed E-state index contributed by atoms with van der Waals surface area (Å²) in [6, 6.07) is 5.53. The molecule has 1 spiro atoms. The number of halogens is 3. The van der Waals surface area contributed by atoms with Gasteiger partial charge < -0.3 is 24.6 Å². The predicted octanol–water partition coefficient (Wildman–Crippen LogP) is 1.56. The summed E-state index contributed by atoms with van der Waals surface area (Å²) in [5.41, 5.74) is 0.677. The van der Waals surface area contributed by atoms with E-state index in [0.717, 1.165) is 18.7 Å². The number of nitrogens with zero attached hydrogens (tertiary/aromatic N) is 2. The average molecular weight is 432 g/mol. The first-order valence-corrected chi connectivity index (χ1v) is 8.93. The first-order valence-electron chi connectivity index (χ1n) is 8.93. The average Bonchev–Trinajstić information content (AvgIpc) is 3.33. The highest BCUT2D eigenvalue weighted by molar-refractivity contribution is 5.96. The molecule has 12 heteroatoms. The number of benzene rings is 1. The van der Waals surface area contributed by atoms with Crippen molar-refractivity contribution in [3.63, 3.8) is 0 Å². The molecule has 9 nitrogen and oxygen atoms in total. The van der Waals surface area contributed by atoms with Crippen LogP contribution in [-0.4, -0.2) is 72.1 Å². The molecule has 1 amide bonds. The van der Waals surface area contributed by atoms with Gasteiger partial charge in [-0.3, -0.25) is 14.5 Å². The van der Waals surface area contributed by atoms with Gasteiger partial charge in [-0.15, -0.1) is 0 Å². The number of carbonyl (C=O) groups is 3. The maximum absolute atomic E-state index is 12.5. The molecule has 0 bridgehead atoms. The van der Waals surface area contributed by atoms with Gasteiger partial charge in [0.25, 0.3) is 0 Å². The predicted molar refractivity (Wildman–Crippen MR) is 94.4 cm³/mol. The second kappa shape index (κ2) is 8.01. The van der Waals surface area contributed by atoms with Crippen molar-refractivity contribution in [2.75, 3.05) is 37.9 Å². The summed E-state index contributed by atoms with van der Waals surface area (Å²) in [7, 11) is 0. The zero-order valence-corrected chi connectivity index (χ0v) is 15.6. The number of hydrogen-bond acceptors (Lipinski definition) is 6. The van der Waals surface area contributed by atoms with Crippen LogP contribution in [0.1, 0.15) is 12.8 Å². The van der Waals surface area contributed by atoms with Gasteiger partial charge in [-0.2, -0.15) is 13.2 Å². The number of anilines is 1. The van der Waals surface area contributed by atoms with Crippen LogP contribution in [-0.2, 0) is 14.4 Å². The fourth-order valence-electron chi connectivity index (χ4n) is 3.81. The third kappa shape index (κ3) is 4.75. The Bertz CT molecular complexity index is 861. The third-order valence-corrected chi connectivity index (χ3v) is 5.11. The van der Waals surface area contributed by atoms with Crippen molar-refractivity contribution in [1.29, 1.82) is 0 Å². The lowest BCUT2D eigenvalue weighted by molar-refractivity contribution is -0.192. The molecule has 1 atom stereocenters. The highest BCUT2D eigenvalue weighted by Gasteiger charge is 2.48. The van der Waals surface area contributed by atoms with Crippen LogP contribution in [0.15, 0.2) is 18.2 Å². The number of rotatable bonds is 3. The Balaban J connectivity index is 0.000000318. The Morgan fingerprint density at radius 3 is 2.43 bits per heavy atom. The summed E-state index contributed by atoms with van der Waals surface area (Å²) < 4.78 is 42.4. The monoisotopic (exact) mass is 432 g/mol. The molecule has 1 aromatic rings. The van der Waals surface area contributed by atoms with Gasteiger partial charge >= 0.3 is 18.1 Å². The van der Waals surface area contributed by atoms with E-state index in [1.807, 2.05) is 23.1 Å². The summed E-state index contributed by atoms with van der Waals surface area (Å²) in [5.74, 6) is -2.13. The fraction of sp³-hybridized carbons (Fsp3) is 0.500. The summed E-state index contributed by atoms with van der Waals surface area (Å²) in [4.78, 5) is 36.0.